The summed E-state index contributed by atoms with van der Waals surface area (Å²) in [5.41, 5.74) is 0. The molecule has 0 aromatic carbocycles. The Bertz CT molecular complexity index is 475. The van der Waals surface area contributed by atoms with Gasteiger partial charge in [0.05, 0.1) is 0 Å². The number of unbranched alkanes of at least 4 members (excludes halogenated alkanes) is 5. The normalized spacial score (nSPS) is 10.7. The predicted octanol–water partition coefficient (Wildman–Crippen LogP) is 3.71. The fourth-order valence-corrected chi connectivity index (χ4v) is 2.77. The second-order valence-corrected chi connectivity index (χ2v) is 7.85. The highest BCUT2D eigenvalue weighted by molar-refractivity contribution is 5.80. The van der Waals surface area contributed by atoms with Gasteiger partial charge in [0.1, 0.15) is 11.6 Å². The molecular formula is C22H40N2O4. The van der Waals surface area contributed by atoms with Crippen molar-refractivity contribution in [2.24, 2.45) is 5.92 Å². The third-order valence-corrected chi connectivity index (χ3v) is 4.65. The van der Waals surface area contributed by atoms with Crippen LogP contribution in [0.3, 0.4) is 0 Å². The lowest BCUT2D eigenvalue weighted by Gasteiger charge is -2.07. The summed E-state index contributed by atoms with van der Waals surface area (Å²) in [4.78, 5) is 45.8. The Hall–Kier alpha value is -1.72. The molecule has 28 heavy (non-hydrogen) atoms. The summed E-state index contributed by atoms with van der Waals surface area (Å²) in [7, 11) is 0. The molecule has 0 rings (SSSR count). The summed E-state index contributed by atoms with van der Waals surface area (Å²) in [6.07, 6.45) is 9.03. The smallest absolute Gasteiger partial charge is 0.219 e. The molecule has 0 aromatic heterocycles. The molecule has 0 fully saturated rings. The van der Waals surface area contributed by atoms with Crippen molar-refractivity contribution in [3.8, 4) is 0 Å². The van der Waals surface area contributed by atoms with Crippen LogP contribution in [0.25, 0.3) is 0 Å². The summed E-state index contributed by atoms with van der Waals surface area (Å²) in [5.74, 6) is 0.693. The lowest BCUT2D eigenvalue weighted by Crippen LogP contribution is -2.25. The molecule has 6 heteroatoms. The highest BCUT2D eigenvalue weighted by atomic mass is 16.2. The minimum Gasteiger partial charge on any atom is -0.356 e. The van der Waals surface area contributed by atoms with Gasteiger partial charge in [-0.2, -0.15) is 0 Å². The molecule has 0 aliphatic heterocycles. The van der Waals surface area contributed by atoms with Crippen molar-refractivity contribution in [2.45, 2.75) is 97.8 Å². The van der Waals surface area contributed by atoms with Crippen LogP contribution in [0.1, 0.15) is 97.8 Å². The van der Waals surface area contributed by atoms with Crippen molar-refractivity contribution in [3.05, 3.63) is 0 Å². The van der Waals surface area contributed by atoms with Crippen LogP contribution in [0.5, 0.6) is 0 Å². The van der Waals surface area contributed by atoms with E-state index in [9.17, 15) is 19.2 Å². The molecule has 6 nitrogen and oxygen atoms in total. The second-order valence-electron chi connectivity index (χ2n) is 7.85. The van der Waals surface area contributed by atoms with Crippen molar-refractivity contribution < 1.29 is 19.2 Å². The van der Waals surface area contributed by atoms with E-state index in [2.05, 4.69) is 10.6 Å². The first kappa shape index (κ1) is 26.3. The van der Waals surface area contributed by atoms with Crippen molar-refractivity contribution >= 4 is 23.4 Å². The molecule has 0 aliphatic rings. The molecule has 0 atom stereocenters. The van der Waals surface area contributed by atoms with E-state index in [1.165, 1.54) is 0 Å². The number of Topliss-reactive ketones (excluding diaryl/α,β-unsaturated/α-hetero) is 2. The fraction of sp³-hybridized carbons (Fsp3) is 0.818. The highest BCUT2D eigenvalue weighted by Gasteiger charge is 2.07. The van der Waals surface area contributed by atoms with Gasteiger partial charge in [-0.05, 0) is 45.4 Å². The molecule has 2 amide bonds. The lowest BCUT2D eigenvalue weighted by atomic mass is 10.0. The van der Waals surface area contributed by atoms with Gasteiger partial charge in [-0.15, -0.1) is 0 Å². The van der Waals surface area contributed by atoms with Crippen molar-refractivity contribution in [2.75, 3.05) is 13.1 Å². The van der Waals surface area contributed by atoms with Gasteiger partial charge >= 0.3 is 0 Å². The predicted molar refractivity (Wildman–Crippen MR) is 112 cm³/mol. The standard InChI is InChI=1S/C22H40N2O4/c1-18(2)20(26)13-7-5-11-17-24-22(28)15-9-8-14-21(27)23-16-10-4-6-12-19(3)25/h18H,4-17H2,1-3H3,(H,23,27)(H,24,28). The average molecular weight is 397 g/mol. The van der Waals surface area contributed by atoms with Gasteiger partial charge in [-0.25, -0.2) is 0 Å². The van der Waals surface area contributed by atoms with Gasteiger partial charge in [-0.3, -0.25) is 14.4 Å². The maximum Gasteiger partial charge on any atom is 0.219 e. The topological polar surface area (TPSA) is 92.3 Å². The van der Waals surface area contributed by atoms with E-state index in [1.54, 1.807) is 6.92 Å². The van der Waals surface area contributed by atoms with E-state index in [-0.39, 0.29) is 23.5 Å². The number of hydrogen-bond acceptors (Lipinski definition) is 4. The van der Waals surface area contributed by atoms with Crippen LogP contribution in [0, 0.1) is 5.92 Å². The van der Waals surface area contributed by atoms with E-state index in [4.69, 9.17) is 0 Å². The number of nitrogens with one attached hydrogen (secondary N) is 2. The Balaban J connectivity index is 3.43. The quantitative estimate of drug-likeness (QED) is 0.345. The second kappa shape index (κ2) is 17.4. The van der Waals surface area contributed by atoms with Crippen LogP contribution in [-0.4, -0.2) is 36.5 Å². The van der Waals surface area contributed by atoms with Gasteiger partial charge in [-0.1, -0.05) is 26.7 Å². The van der Waals surface area contributed by atoms with Gasteiger partial charge in [0.15, 0.2) is 0 Å². The van der Waals surface area contributed by atoms with Crippen LogP contribution >= 0.6 is 0 Å². The third-order valence-electron chi connectivity index (χ3n) is 4.65. The van der Waals surface area contributed by atoms with Crippen molar-refractivity contribution in [1.29, 1.82) is 0 Å². The Morgan fingerprint density at radius 1 is 0.607 bits per heavy atom. The lowest BCUT2D eigenvalue weighted by molar-refractivity contribution is -0.123. The minimum absolute atomic E-state index is 0.0305. The Labute approximate surface area is 170 Å². The molecule has 0 bridgehead atoms. The van der Waals surface area contributed by atoms with E-state index in [0.717, 1.165) is 38.5 Å². The maximum atomic E-state index is 11.7. The molecule has 2 N–H and O–H groups in total. The minimum atomic E-state index is 0.0305. The van der Waals surface area contributed by atoms with E-state index < -0.39 is 0 Å². The zero-order valence-corrected chi connectivity index (χ0v) is 18.1. The molecule has 0 radical (unpaired) electrons. The largest absolute Gasteiger partial charge is 0.356 e. The van der Waals surface area contributed by atoms with Gasteiger partial charge < -0.3 is 15.4 Å². The first-order valence-corrected chi connectivity index (χ1v) is 10.9. The maximum absolute atomic E-state index is 11.7. The van der Waals surface area contributed by atoms with Crippen LogP contribution in [0.15, 0.2) is 0 Å². The van der Waals surface area contributed by atoms with Gasteiger partial charge in [0.2, 0.25) is 11.8 Å². The number of carbonyl (C=O) groups is 4. The molecule has 0 unspecified atom stereocenters. The first-order chi connectivity index (χ1) is 13.3. The SMILES string of the molecule is CC(=O)CCCCCNC(=O)CCCCC(=O)NCCCCCC(=O)C(C)C. The summed E-state index contributed by atoms with van der Waals surface area (Å²) in [5, 5.41) is 5.77. The Morgan fingerprint density at radius 3 is 1.46 bits per heavy atom. The van der Waals surface area contributed by atoms with E-state index >= 15 is 0 Å². The molecule has 0 aliphatic carbocycles. The van der Waals surface area contributed by atoms with Crippen LogP contribution in [0.4, 0.5) is 0 Å². The monoisotopic (exact) mass is 396 g/mol. The molecule has 0 spiro atoms. The molecule has 0 heterocycles. The van der Waals surface area contributed by atoms with Crippen LogP contribution in [0.2, 0.25) is 0 Å². The summed E-state index contributed by atoms with van der Waals surface area (Å²) >= 11 is 0. The van der Waals surface area contributed by atoms with Gasteiger partial charge in [0, 0.05) is 44.7 Å². The number of ketones is 2. The zero-order valence-electron chi connectivity index (χ0n) is 18.1. The Morgan fingerprint density at radius 2 is 1.04 bits per heavy atom. The molecule has 0 saturated heterocycles. The van der Waals surface area contributed by atoms with E-state index in [0.29, 0.717) is 57.4 Å². The third kappa shape index (κ3) is 17.7. The molecule has 0 aromatic rings. The molecule has 0 saturated carbocycles. The fourth-order valence-electron chi connectivity index (χ4n) is 2.77. The Kier molecular flexibility index (Phi) is 16.3. The van der Waals surface area contributed by atoms with Crippen molar-refractivity contribution in [3.63, 3.8) is 0 Å². The number of rotatable bonds is 18. The molecular weight excluding hydrogens is 356 g/mol. The van der Waals surface area contributed by atoms with E-state index in [1.807, 2.05) is 13.8 Å². The average Bonchev–Trinajstić information content (AvgIpc) is 2.63. The van der Waals surface area contributed by atoms with Crippen LogP contribution in [-0.2, 0) is 19.2 Å². The van der Waals surface area contributed by atoms with Crippen molar-refractivity contribution in [1.82, 2.24) is 10.6 Å². The first-order valence-electron chi connectivity index (χ1n) is 10.9. The number of carbonyl (C=O) groups excluding carboxylic acids is 4. The molecule has 162 valence electrons. The summed E-state index contributed by atoms with van der Waals surface area (Å²) in [6.45, 7) is 6.75. The highest BCUT2D eigenvalue weighted by Crippen LogP contribution is 2.06. The van der Waals surface area contributed by atoms with Gasteiger partial charge in [0.25, 0.3) is 0 Å². The zero-order chi connectivity index (χ0) is 21.2. The summed E-state index contributed by atoms with van der Waals surface area (Å²) < 4.78 is 0. The van der Waals surface area contributed by atoms with Crippen LogP contribution < -0.4 is 10.6 Å². The number of amides is 2. The summed E-state index contributed by atoms with van der Waals surface area (Å²) in [6, 6.07) is 0. The number of hydrogen-bond donors (Lipinski definition) is 2.